The molecule has 4 aromatic rings. The van der Waals surface area contributed by atoms with Gasteiger partial charge in [0.25, 0.3) is 0 Å². The molecule has 2 heterocycles. The van der Waals surface area contributed by atoms with Gasteiger partial charge in [-0.15, -0.1) is 5.10 Å². The molecule has 0 aliphatic heterocycles. The number of halogens is 1. The lowest BCUT2D eigenvalue weighted by Crippen LogP contribution is -2.28. The van der Waals surface area contributed by atoms with Gasteiger partial charge < -0.3 is 5.32 Å². The molecule has 2 aromatic heterocycles. The van der Waals surface area contributed by atoms with E-state index < -0.39 is 0 Å². The average Bonchev–Trinajstić information content (AvgIpc) is 3.08. The van der Waals surface area contributed by atoms with Gasteiger partial charge >= 0.3 is 0 Å². The fourth-order valence-electron chi connectivity index (χ4n) is 3.00. The molecule has 0 fully saturated rings. The van der Waals surface area contributed by atoms with Crippen LogP contribution in [-0.4, -0.2) is 31.2 Å². The summed E-state index contributed by atoms with van der Waals surface area (Å²) < 4.78 is 1.70. The highest BCUT2D eigenvalue weighted by atomic mass is 35.5. The topological polar surface area (TPSA) is 72.2 Å². The molecule has 1 amide bonds. The molecular formula is C20H18ClN5OS. The van der Waals surface area contributed by atoms with Crippen LogP contribution >= 0.6 is 23.4 Å². The van der Waals surface area contributed by atoms with Crippen LogP contribution in [0.15, 0.2) is 53.7 Å². The fraction of sp³-hybridized carbons (Fsp3) is 0.200. The zero-order chi connectivity index (χ0) is 19.7. The molecule has 1 unspecified atom stereocenters. The molecule has 0 aliphatic carbocycles. The Kier molecular flexibility index (Phi) is 5.19. The molecule has 0 bridgehead atoms. The number of aryl methyl sites for hydroxylation is 1. The van der Waals surface area contributed by atoms with Crippen LogP contribution in [0.5, 0.6) is 0 Å². The summed E-state index contributed by atoms with van der Waals surface area (Å²) in [5.41, 5.74) is 2.54. The molecule has 142 valence electrons. The Bertz CT molecular complexity index is 1180. The van der Waals surface area contributed by atoms with Crippen molar-refractivity contribution >= 4 is 45.8 Å². The fourth-order valence-corrected chi connectivity index (χ4v) is 3.95. The number of aromatic nitrogens is 4. The maximum atomic E-state index is 12.5. The van der Waals surface area contributed by atoms with Crippen LogP contribution in [0.3, 0.4) is 0 Å². The molecule has 1 N–H and O–H groups in total. The highest BCUT2D eigenvalue weighted by Crippen LogP contribution is 2.24. The Hall–Kier alpha value is -2.64. The van der Waals surface area contributed by atoms with Gasteiger partial charge in [0.1, 0.15) is 5.82 Å². The van der Waals surface area contributed by atoms with E-state index in [1.54, 1.807) is 4.52 Å². The Morgan fingerprint density at radius 3 is 2.86 bits per heavy atom. The van der Waals surface area contributed by atoms with E-state index in [0.717, 1.165) is 22.1 Å². The maximum Gasteiger partial charge on any atom is 0.230 e. The van der Waals surface area contributed by atoms with E-state index in [9.17, 15) is 4.79 Å². The molecule has 1 atom stereocenters. The van der Waals surface area contributed by atoms with Gasteiger partial charge in [-0.1, -0.05) is 47.6 Å². The Morgan fingerprint density at radius 2 is 2.04 bits per heavy atom. The molecule has 0 aliphatic rings. The number of hydrogen-bond acceptors (Lipinski definition) is 5. The van der Waals surface area contributed by atoms with Crippen LogP contribution in [0.4, 0.5) is 0 Å². The molecule has 28 heavy (non-hydrogen) atoms. The summed E-state index contributed by atoms with van der Waals surface area (Å²) in [6, 6.07) is 15.1. The second-order valence-corrected chi connectivity index (χ2v) is 7.82. The number of nitrogens with one attached hydrogen (secondary N) is 1. The number of amides is 1. The lowest BCUT2D eigenvalue weighted by atomic mass is 10.1. The first kappa shape index (κ1) is 18.7. The lowest BCUT2D eigenvalue weighted by Gasteiger charge is -2.14. The second kappa shape index (κ2) is 7.77. The quantitative estimate of drug-likeness (QED) is 0.393. The van der Waals surface area contributed by atoms with Crippen LogP contribution in [-0.2, 0) is 4.79 Å². The number of benzene rings is 2. The van der Waals surface area contributed by atoms with Crippen LogP contribution < -0.4 is 5.32 Å². The molecule has 2 aromatic carbocycles. The normalized spacial score (nSPS) is 12.4. The minimum Gasteiger partial charge on any atom is -0.349 e. The monoisotopic (exact) mass is 411 g/mol. The van der Waals surface area contributed by atoms with E-state index in [1.165, 1.54) is 11.8 Å². The summed E-state index contributed by atoms with van der Waals surface area (Å²) in [5, 5.41) is 9.65. The molecule has 0 saturated carbocycles. The van der Waals surface area contributed by atoms with E-state index in [-0.39, 0.29) is 17.7 Å². The van der Waals surface area contributed by atoms with Gasteiger partial charge in [0.2, 0.25) is 5.91 Å². The van der Waals surface area contributed by atoms with E-state index in [1.807, 2.05) is 62.4 Å². The molecule has 4 rings (SSSR count). The van der Waals surface area contributed by atoms with Crippen molar-refractivity contribution in [3.05, 3.63) is 64.9 Å². The lowest BCUT2D eigenvalue weighted by molar-refractivity contribution is -0.119. The predicted octanol–water partition coefficient (Wildman–Crippen LogP) is 4.21. The Morgan fingerprint density at radius 1 is 1.21 bits per heavy atom. The summed E-state index contributed by atoms with van der Waals surface area (Å²) in [4.78, 5) is 21.6. The third-order valence-electron chi connectivity index (χ3n) is 4.31. The third kappa shape index (κ3) is 3.81. The maximum absolute atomic E-state index is 12.5. The molecule has 0 saturated heterocycles. The van der Waals surface area contributed by atoms with Gasteiger partial charge in [-0.3, -0.25) is 4.79 Å². The van der Waals surface area contributed by atoms with Crippen LogP contribution in [0, 0.1) is 6.92 Å². The smallest absolute Gasteiger partial charge is 0.230 e. The summed E-state index contributed by atoms with van der Waals surface area (Å²) in [6.07, 6.45) is 0. The minimum absolute atomic E-state index is 0.0857. The second-order valence-electron chi connectivity index (χ2n) is 6.44. The van der Waals surface area contributed by atoms with Crippen molar-refractivity contribution in [1.29, 1.82) is 0 Å². The van der Waals surface area contributed by atoms with Crippen molar-refractivity contribution < 1.29 is 4.79 Å². The van der Waals surface area contributed by atoms with Crippen LogP contribution in [0.25, 0.3) is 16.6 Å². The predicted molar refractivity (Wildman–Crippen MR) is 112 cm³/mol. The van der Waals surface area contributed by atoms with E-state index in [0.29, 0.717) is 16.0 Å². The highest BCUT2D eigenvalue weighted by molar-refractivity contribution is 7.99. The minimum atomic E-state index is -0.134. The number of nitrogens with zero attached hydrogens (tertiary/aromatic N) is 4. The van der Waals surface area contributed by atoms with Crippen molar-refractivity contribution in [1.82, 2.24) is 24.9 Å². The first-order valence-corrected chi connectivity index (χ1v) is 10.2. The number of carbonyl (C=O) groups is 1. The van der Waals surface area contributed by atoms with Gasteiger partial charge in [-0.25, -0.2) is 9.97 Å². The molecule has 0 radical (unpaired) electrons. The zero-order valence-electron chi connectivity index (χ0n) is 15.4. The summed E-state index contributed by atoms with van der Waals surface area (Å²) >= 11 is 7.37. The molecular weight excluding hydrogens is 394 g/mol. The number of hydrogen-bond donors (Lipinski definition) is 1. The van der Waals surface area contributed by atoms with Gasteiger partial charge in [0, 0.05) is 10.4 Å². The van der Waals surface area contributed by atoms with E-state index in [4.69, 9.17) is 11.6 Å². The summed E-state index contributed by atoms with van der Waals surface area (Å²) in [5.74, 6) is 0.806. The molecule has 6 nitrogen and oxygen atoms in total. The summed E-state index contributed by atoms with van der Waals surface area (Å²) in [6.45, 7) is 3.77. The van der Waals surface area contributed by atoms with E-state index >= 15 is 0 Å². The van der Waals surface area contributed by atoms with Crippen molar-refractivity contribution in [2.45, 2.75) is 25.0 Å². The van der Waals surface area contributed by atoms with Crippen molar-refractivity contribution in [3.8, 4) is 0 Å². The molecule has 8 heteroatoms. The average molecular weight is 412 g/mol. The third-order valence-corrected chi connectivity index (χ3v) is 5.48. The SMILES string of the molecule is Cc1nc2c3ccccc3nc(SCC(=O)NC(C)c3cccc(Cl)c3)n2n1. The van der Waals surface area contributed by atoms with Crippen LogP contribution in [0.2, 0.25) is 5.02 Å². The number of rotatable bonds is 5. The van der Waals surface area contributed by atoms with Gasteiger partial charge in [-0.2, -0.15) is 4.52 Å². The first-order valence-electron chi connectivity index (χ1n) is 8.81. The van der Waals surface area contributed by atoms with Crippen molar-refractivity contribution in [2.75, 3.05) is 5.75 Å². The van der Waals surface area contributed by atoms with Gasteiger partial charge in [0.15, 0.2) is 10.8 Å². The largest absolute Gasteiger partial charge is 0.349 e. The number of para-hydroxylation sites is 1. The van der Waals surface area contributed by atoms with Crippen molar-refractivity contribution in [3.63, 3.8) is 0 Å². The number of carbonyl (C=O) groups excluding carboxylic acids is 1. The Labute approximate surface area is 171 Å². The first-order chi connectivity index (χ1) is 13.5. The van der Waals surface area contributed by atoms with Crippen molar-refractivity contribution in [2.24, 2.45) is 0 Å². The standard InChI is InChI=1S/C20H18ClN5OS/c1-12(14-6-5-7-15(21)10-14)22-18(27)11-28-20-24-17-9-4-3-8-16(17)19-23-13(2)25-26(19)20/h3-10,12H,11H2,1-2H3,(H,22,27). The number of fused-ring (bicyclic) bond motifs is 3. The molecule has 0 spiro atoms. The van der Waals surface area contributed by atoms with E-state index in [2.05, 4.69) is 20.4 Å². The van der Waals surface area contributed by atoms with Crippen LogP contribution in [0.1, 0.15) is 24.4 Å². The number of thioether (sulfide) groups is 1. The summed E-state index contributed by atoms with van der Waals surface area (Å²) in [7, 11) is 0. The van der Waals surface area contributed by atoms with Gasteiger partial charge in [0.05, 0.1) is 17.3 Å². The highest BCUT2D eigenvalue weighted by Gasteiger charge is 2.15. The Balaban J connectivity index is 1.52. The van der Waals surface area contributed by atoms with Gasteiger partial charge in [-0.05, 0) is 43.7 Å². The zero-order valence-corrected chi connectivity index (χ0v) is 17.0.